The highest BCUT2D eigenvalue weighted by molar-refractivity contribution is 4.76. The van der Waals surface area contributed by atoms with Gasteiger partial charge in [0.05, 0.1) is 0 Å². The first kappa shape index (κ1) is 15.0. The van der Waals surface area contributed by atoms with Crippen LogP contribution < -0.4 is 5.32 Å². The van der Waals surface area contributed by atoms with E-state index in [0.29, 0.717) is 0 Å². The van der Waals surface area contributed by atoms with Crippen molar-refractivity contribution in [1.82, 2.24) is 5.32 Å². The summed E-state index contributed by atoms with van der Waals surface area (Å²) in [7, 11) is 0. The fraction of sp³-hybridized carbons (Fsp3) is 1.00. The topological polar surface area (TPSA) is 12.0 Å². The van der Waals surface area contributed by atoms with Gasteiger partial charge in [-0.3, -0.25) is 0 Å². The molecule has 102 valence electrons. The minimum absolute atomic E-state index is 0.727. The second-order valence-electron chi connectivity index (χ2n) is 6.23. The number of unbranched alkanes of at least 4 members (excludes halogenated alkanes) is 3. The molecule has 1 rings (SSSR count). The molecule has 1 N–H and O–H groups in total. The fourth-order valence-electron chi connectivity index (χ4n) is 3.02. The molecule has 0 radical (unpaired) electrons. The molecule has 3 atom stereocenters. The highest BCUT2D eigenvalue weighted by atomic mass is 14.9. The Labute approximate surface area is 109 Å². The molecular formula is C16H33N. The normalized spacial score (nSPS) is 27.7. The molecule has 0 aliphatic heterocycles. The third-order valence-corrected chi connectivity index (χ3v) is 4.27. The number of hydrogen-bond donors (Lipinski definition) is 1. The highest BCUT2D eigenvalue weighted by Gasteiger charge is 2.17. The predicted octanol–water partition coefficient (Wildman–Crippen LogP) is 4.90. The molecule has 1 nitrogen and oxygen atoms in total. The molecule has 0 aromatic heterocycles. The first-order valence-corrected chi connectivity index (χ1v) is 7.98. The second-order valence-corrected chi connectivity index (χ2v) is 6.23. The van der Waals surface area contributed by atoms with Gasteiger partial charge in [-0.15, -0.1) is 0 Å². The second kappa shape index (κ2) is 8.97. The molecule has 0 aromatic rings. The third kappa shape index (κ3) is 7.08. The van der Waals surface area contributed by atoms with Crippen molar-refractivity contribution in [1.29, 1.82) is 0 Å². The molecule has 1 aliphatic rings. The average molecular weight is 239 g/mol. The van der Waals surface area contributed by atoms with Gasteiger partial charge >= 0.3 is 0 Å². The van der Waals surface area contributed by atoms with E-state index in [0.717, 1.165) is 18.0 Å². The molecule has 0 saturated heterocycles. The molecule has 0 spiro atoms. The molecule has 1 fully saturated rings. The van der Waals surface area contributed by atoms with E-state index in [2.05, 4.69) is 26.1 Å². The van der Waals surface area contributed by atoms with Crippen LogP contribution in [0.15, 0.2) is 0 Å². The van der Waals surface area contributed by atoms with Crippen LogP contribution >= 0.6 is 0 Å². The average Bonchev–Trinajstić information content (AvgIpc) is 2.50. The summed E-state index contributed by atoms with van der Waals surface area (Å²) in [4.78, 5) is 0. The molecule has 1 aliphatic carbocycles. The lowest BCUT2D eigenvalue weighted by atomic mass is 10.0. The summed E-state index contributed by atoms with van der Waals surface area (Å²) in [6.07, 6.45) is 14.1. The minimum Gasteiger partial charge on any atom is -0.312 e. The van der Waals surface area contributed by atoms with Gasteiger partial charge in [-0.05, 0) is 38.5 Å². The van der Waals surface area contributed by atoms with E-state index in [1.54, 1.807) is 0 Å². The summed E-state index contributed by atoms with van der Waals surface area (Å²) in [6.45, 7) is 7.07. The monoisotopic (exact) mass is 239 g/mol. The Morgan fingerprint density at radius 1 is 1.06 bits per heavy atom. The van der Waals surface area contributed by atoms with Gasteiger partial charge in [0.15, 0.2) is 0 Å². The Morgan fingerprint density at radius 2 is 1.88 bits per heavy atom. The van der Waals surface area contributed by atoms with Crippen LogP contribution in [-0.4, -0.2) is 12.1 Å². The largest absolute Gasteiger partial charge is 0.312 e. The van der Waals surface area contributed by atoms with Gasteiger partial charge in [0.2, 0.25) is 0 Å². The van der Waals surface area contributed by atoms with Crippen molar-refractivity contribution in [3.63, 3.8) is 0 Å². The van der Waals surface area contributed by atoms with Crippen molar-refractivity contribution in [2.75, 3.05) is 0 Å². The van der Waals surface area contributed by atoms with Crippen molar-refractivity contribution >= 4 is 0 Å². The van der Waals surface area contributed by atoms with Crippen LogP contribution in [-0.2, 0) is 0 Å². The summed E-state index contributed by atoms with van der Waals surface area (Å²) in [6, 6.07) is 1.53. The Morgan fingerprint density at radius 3 is 2.65 bits per heavy atom. The lowest BCUT2D eigenvalue weighted by molar-refractivity contribution is 0.381. The van der Waals surface area contributed by atoms with Crippen molar-refractivity contribution < 1.29 is 0 Å². The summed E-state index contributed by atoms with van der Waals surface area (Å²) in [5.41, 5.74) is 0. The summed E-state index contributed by atoms with van der Waals surface area (Å²) >= 11 is 0. The maximum Gasteiger partial charge on any atom is 0.00696 e. The lowest BCUT2D eigenvalue weighted by Gasteiger charge is -2.22. The zero-order valence-electron chi connectivity index (χ0n) is 12.3. The van der Waals surface area contributed by atoms with Crippen LogP contribution in [0.25, 0.3) is 0 Å². The van der Waals surface area contributed by atoms with Crippen LogP contribution in [0.5, 0.6) is 0 Å². The number of hydrogen-bond acceptors (Lipinski definition) is 1. The lowest BCUT2D eigenvalue weighted by Crippen LogP contribution is -2.36. The van der Waals surface area contributed by atoms with Crippen LogP contribution in [0, 0.1) is 5.92 Å². The standard InChI is InChI=1S/C16H33N/c1-4-5-6-7-10-15(3)17-16-11-8-9-14(2)12-13-16/h14-17H,4-13H2,1-3H3. The van der Waals surface area contributed by atoms with Crippen LogP contribution in [0.1, 0.15) is 85.0 Å². The molecule has 1 saturated carbocycles. The summed E-state index contributed by atoms with van der Waals surface area (Å²) < 4.78 is 0. The highest BCUT2D eigenvalue weighted by Crippen LogP contribution is 2.23. The Kier molecular flexibility index (Phi) is 7.92. The van der Waals surface area contributed by atoms with Crippen molar-refractivity contribution in [3.8, 4) is 0 Å². The third-order valence-electron chi connectivity index (χ3n) is 4.27. The van der Waals surface area contributed by atoms with E-state index in [4.69, 9.17) is 0 Å². The first-order chi connectivity index (χ1) is 8.22. The van der Waals surface area contributed by atoms with Crippen molar-refractivity contribution in [2.45, 2.75) is 97.1 Å². The maximum atomic E-state index is 3.86. The zero-order valence-corrected chi connectivity index (χ0v) is 12.3. The number of nitrogens with one attached hydrogen (secondary N) is 1. The van der Waals surface area contributed by atoms with Crippen molar-refractivity contribution in [3.05, 3.63) is 0 Å². The quantitative estimate of drug-likeness (QED) is 0.492. The molecule has 1 heteroatoms. The van der Waals surface area contributed by atoms with Gasteiger partial charge in [-0.2, -0.15) is 0 Å². The number of rotatable bonds is 7. The molecule has 3 unspecified atom stereocenters. The SMILES string of the molecule is CCCCCCC(C)NC1CCCC(C)CC1. The maximum absolute atomic E-state index is 3.86. The van der Waals surface area contributed by atoms with Crippen LogP contribution in [0.4, 0.5) is 0 Å². The van der Waals surface area contributed by atoms with Gasteiger partial charge in [-0.25, -0.2) is 0 Å². The molecule has 0 heterocycles. The van der Waals surface area contributed by atoms with Gasteiger partial charge in [0.1, 0.15) is 0 Å². The summed E-state index contributed by atoms with van der Waals surface area (Å²) in [5, 5.41) is 3.86. The van der Waals surface area contributed by atoms with Crippen LogP contribution in [0.2, 0.25) is 0 Å². The van der Waals surface area contributed by atoms with Gasteiger partial charge < -0.3 is 5.32 Å². The smallest absolute Gasteiger partial charge is 0.00696 e. The van der Waals surface area contributed by atoms with Gasteiger partial charge in [0, 0.05) is 12.1 Å². The van der Waals surface area contributed by atoms with E-state index >= 15 is 0 Å². The minimum atomic E-state index is 0.727. The predicted molar refractivity (Wildman–Crippen MR) is 77.4 cm³/mol. The van der Waals surface area contributed by atoms with E-state index in [1.165, 1.54) is 64.2 Å². The molecule has 0 bridgehead atoms. The Hall–Kier alpha value is -0.0400. The van der Waals surface area contributed by atoms with Crippen LogP contribution in [0.3, 0.4) is 0 Å². The van der Waals surface area contributed by atoms with E-state index < -0.39 is 0 Å². The molecule has 17 heavy (non-hydrogen) atoms. The van der Waals surface area contributed by atoms with Crippen molar-refractivity contribution in [2.24, 2.45) is 5.92 Å². The van der Waals surface area contributed by atoms with E-state index in [1.807, 2.05) is 0 Å². The summed E-state index contributed by atoms with van der Waals surface area (Å²) in [5.74, 6) is 0.960. The zero-order chi connectivity index (χ0) is 12.5. The molecular weight excluding hydrogens is 206 g/mol. The Balaban J connectivity index is 2.10. The molecule has 0 aromatic carbocycles. The van der Waals surface area contributed by atoms with E-state index in [9.17, 15) is 0 Å². The fourth-order valence-corrected chi connectivity index (χ4v) is 3.02. The Bertz CT molecular complexity index is 178. The van der Waals surface area contributed by atoms with Gasteiger partial charge in [0.25, 0.3) is 0 Å². The first-order valence-electron chi connectivity index (χ1n) is 7.98. The van der Waals surface area contributed by atoms with E-state index in [-0.39, 0.29) is 0 Å². The van der Waals surface area contributed by atoms with Gasteiger partial charge in [-0.1, -0.05) is 52.4 Å². The molecule has 0 amide bonds.